The number of rotatable bonds is 7. The van der Waals surface area contributed by atoms with Crippen LogP contribution < -0.4 is 4.90 Å². The lowest BCUT2D eigenvalue weighted by Gasteiger charge is -2.41. The molecule has 8 heteroatoms. The molecule has 0 saturated heterocycles. The summed E-state index contributed by atoms with van der Waals surface area (Å²) in [6, 6.07) is 18.2. The third-order valence-electron chi connectivity index (χ3n) is 7.17. The molecule has 2 heterocycles. The van der Waals surface area contributed by atoms with E-state index >= 15 is 0 Å². The van der Waals surface area contributed by atoms with Gasteiger partial charge in [-0.2, -0.15) is 0 Å². The number of para-hydroxylation sites is 1. The third-order valence-corrected chi connectivity index (χ3v) is 8.41. The van der Waals surface area contributed by atoms with Crippen LogP contribution in [0.25, 0.3) is 10.4 Å². The second kappa shape index (κ2) is 10.3. The zero-order chi connectivity index (χ0) is 26.9. The minimum absolute atomic E-state index is 0.0468. The molecule has 1 saturated carbocycles. The number of benzene rings is 2. The predicted octanol–water partition coefficient (Wildman–Crippen LogP) is 6.93. The van der Waals surface area contributed by atoms with Gasteiger partial charge in [0.1, 0.15) is 10.6 Å². The van der Waals surface area contributed by atoms with E-state index < -0.39 is 17.0 Å². The highest BCUT2D eigenvalue weighted by atomic mass is 32.1. The summed E-state index contributed by atoms with van der Waals surface area (Å²) in [6.45, 7) is 5.96. The number of anilines is 3. The van der Waals surface area contributed by atoms with Crippen molar-refractivity contribution in [3.05, 3.63) is 83.3 Å². The van der Waals surface area contributed by atoms with Crippen molar-refractivity contribution in [2.75, 3.05) is 4.90 Å². The van der Waals surface area contributed by atoms with Gasteiger partial charge in [-0.25, -0.2) is 15.0 Å². The Morgan fingerprint density at radius 2 is 1.84 bits per heavy atom. The first-order valence-electron chi connectivity index (χ1n) is 12.8. The molecule has 0 amide bonds. The molecule has 2 aromatic carbocycles. The molecule has 0 spiro atoms. The van der Waals surface area contributed by atoms with Gasteiger partial charge in [0.25, 0.3) is 0 Å². The molecule has 2 N–H and O–H groups in total. The first kappa shape index (κ1) is 26.0. The van der Waals surface area contributed by atoms with E-state index in [-0.39, 0.29) is 6.42 Å². The van der Waals surface area contributed by atoms with Crippen molar-refractivity contribution in [3.8, 4) is 10.4 Å². The summed E-state index contributed by atoms with van der Waals surface area (Å²) in [5.41, 5.74) is 3.25. The fourth-order valence-electron chi connectivity index (χ4n) is 5.55. The number of hydrogen-bond acceptors (Lipinski definition) is 7. The number of carboxylic acids is 1. The van der Waals surface area contributed by atoms with Gasteiger partial charge in [0.2, 0.25) is 5.95 Å². The van der Waals surface area contributed by atoms with Gasteiger partial charge >= 0.3 is 5.97 Å². The molecule has 1 aliphatic carbocycles. The van der Waals surface area contributed by atoms with E-state index in [4.69, 9.17) is 4.98 Å². The molecule has 7 nitrogen and oxygen atoms in total. The standard InChI is InChI=1S/C30H32N4O3S/c1-20-14-22(25-18-32-27(38-25)30(37)12-7-11-29(3,19-30)17-26(35)36)16-24(15-20)34(23-8-5-4-6-9-23)28-31-13-10-21(2)33-28/h4-6,8-10,13-16,18,37H,7,11-12,17,19H2,1-3H3,(H,35,36). The molecule has 0 bridgehead atoms. The number of aliphatic carboxylic acids is 1. The topological polar surface area (TPSA) is 99.4 Å². The van der Waals surface area contributed by atoms with Crippen LogP contribution >= 0.6 is 11.3 Å². The SMILES string of the molecule is Cc1cc(-c2cnc(C3(O)CCCC(C)(CC(=O)O)C3)s2)cc(N(c2ccccc2)c2nccc(C)n2)c1. The number of hydrogen-bond donors (Lipinski definition) is 2. The highest BCUT2D eigenvalue weighted by Gasteiger charge is 2.45. The van der Waals surface area contributed by atoms with Crippen LogP contribution in [0.15, 0.2) is 67.0 Å². The first-order chi connectivity index (χ1) is 18.1. The summed E-state index contributed by atoms with van der Waals surface area (Å²) >= 11 is 1.48. The van der Waals surface area contributed by atoms with Gasteiger partial charge in [-0.05, 0) is 86.4 Å². The number of aryl methyl sites for hydroxylation is 2. The van der Waals surface area contributed by atoms with Crippen LogP contribution in [0, 0.1) is 19.3 Å². The van der Waals surface area contributed by atoms with Crippen molar-refractivity contribution in [2.24, 2.45) is 5.41 Å². The van der Waals surface area contributed by atoms with E-state index in [2.05, 4.69) is 35.1 Å². The fraction of sp³-hybridized carbons (Fsp3) is 0.333. The molecular weight excluding hydrogens is 496 g/mol. The minimum atomic E-state index is -1.12. The quantitative estimate of drug-likeness (QED) is 0.268. The lowest BCUT2D eigenvalue weighted by atomic mass is 9.67. The predicted molar refractivity (Wildman–Crippen MR) is 150 cm³/mol. The monoisotopic (exact) mass is 528 g/mol. The van der Waals surface area contributed by atoms with E-state index in [9.17, 15) is 15.0 Å². The fourth-order valence-corrected chi connectivity index (χ4v) is 6.57. The summed E-state index contributed by atoms with van der Waals surface area (Å²) in [6.07, 6.45) is 6.17. The molecule has 0 aliphatic heterocycles. The van der Waals surface area contributed by atoms with Crippen molar-refractivity contribution >= 4 is 34.6 Å². The molecule has 2 aromatic heterocycles. The van der Waals surface area contributed by atoms with Crippen molar-refractivity contribution in [1.29, 1.82) is 0 Å². The zero-order valence-corrected chi connectivity index (χ0v) is 22.7. The number of carboxylic acid groups (broad SMARTS) is 1. The van der Waals surface area contributed by atoms with E-state index in [1.165, 1.54) is 11.3 Å². The second-order valence-electron chi connectivity index (χ2n) is 10.7. The average molecular weight is 529 g/mol. The first-order valence-corrected chi connectivity index (χ1v) is 13.6. The van der Waals surface area contributed by atoms with Crippen LogP contribution in [0.4, 0.5) is 17.3 Å². The summed E-state index contributed by atoms with van der Waals surface area (Å²) < 4.78 is 0. The molecule has 1 fully saturated rings. The van der Waals surface area contributed by atoms with E-state index in [0.717, 1.165) is 45.9 Å². The van der Waals surface area contributed by atoms with Crippen molar-refractivity contribution in [1.82, 2.24) is 15.0 Å². The summed E-state index contributed by atoms with van der Waals surface area (Å²) in [5, 5.41) is 21.6. The molecule has 196 valence electrons. The Balaban J connectivity index is 1.52. The Bertz CT molecular complexity index is 1460. The van der Waals surface area contributed by atoms with Crippen molar-refractivity contribution in [2.45, 2.75) is 58.5 Å². The van der Waals surface area contributed by atoms with Crippen LogP contribution in [0.2, 0.25) is 0 Å². The Labute approximate surface area is 226 Å². The maximum Gasteiger partial charge on any atom is 0.303 e. The summed E-state index contributed by atoms with van der Waals surface area (Å²) in [5.74, 6) is -0.239. The van der Waals surface area contributed by atoms with Crippen LogP contribution in [0.5, 0.6) is 0 Å². The number of carbonyl (C=O) groups is 1. The van der Waals surface area contributed by atoms with Gasteiger partial charge < -0.3 is 10.2 Å². The van der Waals surface area contributed by atoms with Crippen LogP contribution in [0.3, 0.4) is 0 Å². The molecule has 2 atom stereocenters. The smallest absolute Gasteiger partial charge is 0.303 e. The van der Waals surface area contributed by atoms with Gasteiger partial charge in [-0.1, -0.05) is 31.2 Å². The van der Waals surface area contributed by atoms with Gasteiger partial charge in [0.05, 0.1) is 17.0 Å². The number of thiazole rings is 1. The number of aromatic nitrogens is 3. The Morgan fingerprint density at radius 3 is 2.58 bits per heavy atom. The van der Waals surface area contributed by atoms with Crippen LogP contribution in [0.1, 0.15) is 55.3 Å². The van der Waals surface area contributed by atoms with Crippen molar-refractivity contribution in [3.63, 3.8) is 0 Å². The molecule has 5 rings (SSSR count). The molecule has 0 radical (unpaired) electrons. The molecule has 2 unspecified atom stereocenters. The van der Waals surface area contributed by atoms with E-state index in [1.807, 2.05) is 61.3 Å². The maximum atomic E-state index is 11.6. The molecular formula is C30H32N4O3S. The van der Waals surface area contributed by atoms with Gasteiger partial charge in [-0.3, -0.25) is 9.69 Å². The maximum absolute atomic E-state index is 11.6. The molecule has 4 aromatic rings. The normalized spacial score (nSPS) is 21.3. The molecule has 1 aliphatic rings. The highest BCUT2D eigenvalue weighted by Crippen LogP contribution is 2.50. The number of aliphatic hydroxyl groups is 1. The van der Waals surface area contributed by atoms with E-state index in [1.54, 1.807) is 6.20 Å². The Morgan fingerprint density at radius 1 is 1.05 bits per heavy atom. The third kappa shape index (κ3) is 5.47. The molecule has 38 heavy (non-hydrogen) atoms. The number of nitrogens with zero attached hydrogens (tertiary/aromatic N) is 4. The lowest BCUT2D eigenvalue weighted by molar-refractivity contribution is -0.142. The summed E-state index contributed by atoms with van der Waals surface area (Å²) in [7, 11) is 0. The second-order valence-corrected chi connectivity index (χ2v) is 11.7. The lowest BCUT2D eigenvalue weighted by Crippen LogP contribution is -2.39. The van der Waals surface area contributed by atoms with Gasteiger partial charge in [0, 0.05) is 23.8 Å². The average Bonchev–Trinajstić information content (AvgIpc) is 3.35. The zero-order valence-electron chi connectivity index (χ0n) is 21.9. The van der Waals surface area contributed by atoms with Crippen LogP contribution in [-0.2, 0) is 10.4 Å². The van der Waals surface area contributed by atoms with E-state index in [0.29, 0.717) is 23.8 Å². The van der Waals surface area contributed by atoms with Gasteiger partial charge in [0.15, 0.2) is 0 Å². The van der Waals surface area contributed by atoms with Crippen molar-refractivity contribution < 1.29 is 15.0 Å². The summed E-state index contributed by atoms with van der Waals surface area (Å²) in [4.78, 5) is 28.3. The van der Waals surface area contributed by atoms with Crippen LogP contribution in [-0.4, -0.2) is 31.1 Å². The minimum Gasteiger partial charge on any atom is -0.481 e. The largest absolute Gasteiger partial charge is 0.481 e. The Kier molecular flexibility index (Phi) is 7.03. The van der Waals surface area contributed by atoms with Gasteiger partial charge in [-0.15, -0.1) is 11.3 Å². The highest BCUT2D eigenvalue weighted by molar-refractivity contribution is 7.15. The Hall–Kier alpha value is -3.62.